The van der Waals surface area contributed by atoms with E-state index in [1.54, 1.807) is 4.57 Å². The second-order valence-electron chi connectivity index (χ2n) is 6.56. The van der Waals surface area contributed by atoms with Crippen LogP contribution in [-0.4, -0.2) is 14.8 Å². The highest BCUT2D eigenvalue weighted by Gasteiger charge is 2.41. The summed E-state index contributed by atoms with van der Waals surface area (Å²) in [5.74, 6) is 0.804. The van der Waals surface area contributed by atoms with Crippen LogP contribution in [0, 0.1) is 0 Å². The van der Waals surface area contributed by atoms with Gasteiger partial charge in [-0.15, -0.1) is 0 Å². The molecule has 2 aromatic carbocycles. The number of allylic oxidation sites excluding steroid dienone is 2. The predicted molar refractivity (Wildman–Crippen MR) is 93.8 cm³/mol. The third-order valence-corrected chi connectivity index (χ3v) is 5.23. The molecule has 3 aromatic rings. The average molecular weight is 315 g/mol. The Morgan fingerprint density at radius 3 is 2.04 bits per heavy atom. The molecular weight excluding hydrogens is 298 g/mol. The SMILES string of the molecule is Oc1c2c(c(O)n1-c1cccc(-c3ccccc3)c1)C1C=CC2C1. The molecule has 0 amide bonds. The fourth-order valence-corrected chi connectivity index (χ4v) is 4.14. The molecule has 0 aliphatic heterocycles. The smallest absolute Gasteiger partial charge is 0.202 e. The lowest BCUT2D eigenvalue weighted by Gasteiger charge is -2.11. The number of benzene rings is 2. The predicted octanol–water partition coefficient (Wildman–Crippen LogP) is 4.70. The van der Waals surface area contributed by atoms with Crippen LogP contribution in [0.3, 0.4) is 0 Å². The molecule has 2 atom stereocenters. The van der Waals surface area contributed by atoms with Crippen molar-refractivity contribution in [2.45, 2.75) is 18.3 Å². The van der Waals surface area contributed by atoms with E-state index in [0.29, 0.717) is 0 Å². The van der Waals surface area contributed by atoms with Gasteiger partial charge in [0.1, 0.15) is 0 Å². The van der Waals surface area contributed by atoms with Gasteiger partial charge in [0, 0.05) is 23.0 Å². The van der Waals surface area contributed by atoms with Crippen LogP contribution in [0.5, 0.6) is 11.8 Å². The lowest BCUT2D eigenvalue weighted by molar-refractivity contribution is 0.395. The summed E-state index contributed by atoms with van der Waals surface area (Å²) in [6, 6.07) is 18.0. The molecule has 0 saturated heterocycles. The first kappa shape index (κ1) is 13.5. The van der Waals surface area contributed by atoms with Gasteiger partial charge >= 0.3 is 0 Å². The zero-order valence-electron chi connectivity index (χ0n) is 13.1. The molecule has 0 saturated carbocycles. The Morgan fingerprint density at radius 1 is 0.750 bits per heavy atom. The summed E-state index contributed by atoms with van der Waals surface area (Å²) in [5, 5.41) is 21.5. The summed E-state index contributed by atoms with van der Waals surface area (Å²) in [7, 11) is 0. The van der Waals surface area contributed by atoms with E-state index in [4.69, 9.17) is 0 Å². The maximum Gasteiger partial charge on any atom is 0.202 e. The van der Waals surface area contributed by atoms with Crippen molar-refractivity contribution in [2.24, 2.45) is 0 Å². The lowest BCUT2D eigenvalue weighted by Crippen LogP contribution is -1.96. The molecule has 0 spiro atoms. The Hall–Kier alpha value is -2.94. The number of aromatic hydroxyl groups is 2. The van der Waals surface area contributed by atoms with Crippen molar-refractivity contribution in [2.75, 3.05) is 0 Å². The first-order valence-electron chi connectivity index (χ1n) is 8.24. The number of hydrogen-bond acceptors (Lipinski definition) is 2. The van der Waals surface area contributed by atoms with Crippen LogP contribution in [-0.2, 0) is 0 Å². The number of rotatable bonds is 2. The van der Waals surface area contributed by atoms with Crippen molar-refractivity contribution in [3.63, 3.8) is 0 Å². The molecule has 2 aliphatic carbocycles. The minimum Gasteiger partial charge on any atom is -0.494 e. The highest BCUT2D eigenvalue weighted by Crippen LogP contribution is 2.57. The molecule has 0 radical (unpaired) electrons. The summed E-state index contributed by atoms with van der Waals surface area (Å²) in [5.41, 5.74) is 4.73. The van der Waals surface area contributed by atoms with Gasteiger partial charge in [0.05, 0.1) is 5.69 Å². The van der Waals surface area contributed by atoms with Crippen LogP contribution < -0.4 is 0 Å². The molecule has 3 nitrogen and oxygen atoms in total. The maximum absolute atomic E-state index is 10.7. The molecule has 2 bridgehead atoms. The molecule has 1 heterocycles. The molecule has 3 heteroatoms. The van der Waals surface area contributed by atoms with E-state index in [1.807, 2.05) is 42.5 Å². The van der Waals surface area contributed by atoms with Crippen LogP contribution in [0.15, 0.2) is 66.7 Å². The van der Waals surface area contributed by atoms with Gasteiger partial charge < -0.3 is 10.2 Å². The van der Waals surface area contributed by atoms with Crippen molar-refractivity contribution in [3.8, 4) is 28.6 Å². The molecule has 118 valence electrons. The van der Waals surface area contributed by atoms with Crippen molar-refractivity contribution >= 4 is 0 Å². The number of hydrogen-bond donors (Lipinski definition) is 2. The van der Waals surface area contributed by atoms with Crippen molar-refractivity contribution in [3.05, 3.63) is 77.9 Å². The second-order valence-corrected chi connectivity index (χ2v) is 6.56. The minimum absolute atomic E-state index is 0.171. The quantitative estimate of drug-likeness (QED) is 0.674. The molecule has 5 rings (SSSR count). The number of nitrogens with zero attached hydrogens (tertiary/aromatic N) is 1. The molecular formula is C21H17NO2. The monoisotopic (exact) mass is 315 g/mol. The van der Waals surface area contributed by atoms with Gasteiger partial charge in [-0.2, -0.15) is 0 Å². The molecule has 2 N–H and O–H groups in total. The molecule has 2 aliphatic rings. The van der Waals surface area contributed by atoms with Crippen LogP contribution >= 0.6 is 0 Å². The van der Waals surface area contributed by atoms with E-state index in [0.717, 1.165) is 34.4 Å². The van der Waals surface area contributed by atoms with E-state index < -0.39 is 0 Å². The van der Waals surface area contributed by atoms with Crippen LogP contribution in [0.25, 0.3) is 16.8 Å². The minimum atomic E-state index is 0.171. The van der Waals surface area contributed by atoms with Crippen LogP contribution in [0.4, 0.5) is 0 Å². The van der Waals surface area contributed by atoms with Gasteiger partial charge in [-0.1, -0.05) is 54.6 Å². The van der Waals surface area contributed by atoms with Crippen molar-refractivity contribution < 1.29 is 10.2 Å². The normalized spacial score (nSPS) is 20.5. The summed E-state index contributed by atoms with van der Waals surface area (Å²) >= 11 is 0. The average Bonchev–Trinajstić information content (AvgIpc) is 3.30. The van der Waals surface area contributed by atoms with Crippen LogP contribution in [0.1, 0.15) is 29.4 Å². The largest absolute Gasteiger partial charge is 0.494 e. The summed E-state index contributed by atoms with van der Waals surface area (Å²) in [4.78, 5) is 0. The van der Waals surface area contributed by atoms with Gasteiger partial charge in [-0.3, -0.25) is 4.57 Å². The van der Waals surface area contributed by atoms with Gasteiger partial charge in [0.25, 0.3) is 0 Å². The first-order valence-corrected chi connectivity index (χ1v) is 8.24. The topological polar surface area (TPSA) is 45.4 Å². The highest BCUT2D eigenvalue weighted by molar-refractivity contribution is 5.68. The van der Waals surface area contributed by atoms with E-state index in [1.165, 1.54) is 0 Å². The standard InChI is InChI=1S/C21H17NO2/c23-20-18-15-9-10-16(11-15)19(18)21(24)22(20)17-8-4-7-14(12-17)13-5-2-1-3-6-13/h1-10,12,15-16,23-24H,11H2. The summed E-state index contributed by atoms with van der Waals surface area (Å²) < 4.78 is 1.57. The third kappa shape index (κ3) is 1.72. The first-order chi connectivity index (χ1) is 11.7. The van der Waals surface area contributed by atoms with Crippen LogP contribution in [0.2, 0.25) is 0 Å². The molecule has 2 unspecified atom stereocenters. The van der Waals surface area contributed by atoms with E-state index >= 15 is 0 Å². The van der Waals surface area contributed by atoms with Crippen molar-refractivity contribution in [1.82, 2.24) is 4.57 Å². The highest BCUT2D eigenvalue weighted by atomic mass is 16.3. The summed E-state index contributed by atoms with van der Waals surface area (Å²) in [6.07, 6.45) is 5.24. The maximum atomic E-state index is 10.7. The molecule has 0 fully saturated rings. The van der Waals surface area contributed by atoms with E-state index in [2.05, 4.69) is 24.3 Å². The fourth-order valence-electron chi connectivity index (χ4n) is 4.14. The zero-order valence-corrected chi connectivity index (χ0v) is 13.1. The van der Waals surface area contributed by atoms with Gasteiger partial charge in [-0.25, -0.2) is 0 Å². The molecule has 1 aromatic heterocycles. The Balaban J connectivity index is 1.67. The zero-order chi connectivity index (χ0) is 16.3. The Labute approximate surface area is 140 Å². The Morgan fingerprint density at radius 2 is 1.38 bits per heavy atom. The lowest BCUT2D eigenvalue weighted by atomic mass is 10.0. The Kier molecular flexibility index (Phi) is 2.69. The fraction of sp³-hybridized carbons (Fsp3) is 0.143. The van der Waals surface area contributed by atoms with Gasteiger partial charge in [0.15, 0.2) is 0 Å². The van der Waals surface area contributed by atoms with E-state index in [9.17, 15) is 10.2 Å². The van der Waals surface area contributed by atoms with E-state index in [-0.39, 0.29) is 23.6 Å². The number of aromatic nitrogens is 1. The van der Waals surface area contributed by atoms with Crippen molar-refractivity contribution in [1.29, 1.82) is 0 Å². The summed E-state index contributed by atoms with van der Waals surface area (Å²) in [6.45, 7) is 0. The Bertz CT molecular complexity index is 934. The number of fused-ring (bicyclic) bond motifs is 5. The van der Waals surface area contributed by atoms with Gasteiger partial charge in [0.2, 0.25) is 11.8 Å². The molecule has 24 heavy (non-hydrogen) atoms. The third-order valence-electron chi connectivity index (χ3n) is 5.23. The van der Waals surface area contributed by atoms with Gasteiger partial charge in [-0.05, 0) is 29.7 Å². The second kappa shape index (κ2) is 4.78.